The van der Waals surface area contributed by atoms with E-state index in [1.54, 1.807) is 29.5 Å². The summed E-state index contributed by atoms with van der Waals surface area (Å²) in [6.07, 6.45) is 8.78. The topological polar surface area (TPSA) is 80.9 Å². The van der Waals surface area contributed by atoms with Crippen molar-refractivity contribution in [1.82, 2.24) is 28.9 Å². The monoisotopic (exact) mass is 342 g/mol. The van der Waals surface area contributed by atoms with Crippen molar-refractivity contribution < 1.29 is 0 Å². The summed E-state index contributed by atoms with van der Waals surface area (Å²) in [5.41, 5.74) is 4.88. The Hall–Kier alpha value is -3.74. The van der Waals surface area contributed by atoms with E-state index in [4.69, 9.17) is 0 Å². The van der Waals surface area contributed by atoms with E-state index in [1.165, 1.54) is 0 Å². The number of para-hydroxylation sites is 1. The van der Waals surface area contributed by atoms with Crippen LogP contribution in [0, 0.1) is 6.92 Å². The number of nitrogens with one attached hydrogen (secondary N) is 1. The summed E-state index contributed by atoms with van der Waals surface area (Å²) in [6.45, 7) is 1.97. The van der Waals surface area contributed by atoms with Crippen LogP contribution in [0.2, 0.25) is 0 Å². The first kappa shape index (κ1) is 14.6. The SMILES string of the molecule is Cc1cccc2[nH]c(=O)n(-c3cnc(-c4cccn5cncc45)nc3)c12. The van der Waals surface area contributed by atoms with Gasteiger partial charge in [-0.25, -0.2) is 19.7 Å². The Balaban J connectivity index is 1.67. The zero-order valence-electron chi connectivity index (χ0n) is 13.9. The minimum atomic E-state index is -0.205. The molecule has 0 fully saturated rings. The van der Waals surface area contributed by atoms with Crippen molar-refractivity contribution in [2.45, 2.75) is 6.92 Å². The minimum absolute atomic E-state index is 0.205. The number of aryl methyl sites for hydroxylation is 1. The van der Waals surface area contributed by atoms with E-state index in [0.717, 1.165) is 27.7 Å². The number of aromatic nitrogens is 6. The molecular weight excluding hydrogens is 328 g/mol. The average Bonchev–Trinajstić information content (AvgIpc) is 3.26. The Bertz CT molecular complexity index is 1310. The second kappa shape index (κ2) is 5.38. The van der Waals surface area contributed by atoms with Gasteiger partial charge in [-0.3, -0.25) is 4.57 Å². The standard InChI is InChI=1S/C19H14N6O/c1-12-4-2-6-15-17(12)25(19(26)23-15)13-8-21-18(22-9-13)14-5-3-7-24-11-20-10-16(14)24/h2-11H,1H3,(H,23,26). The summed E-state index contributed by atoms with van der Waals surface area (Å²) in [4.78, 5) is 28.4. The maximum atomic E-state index is 12.4. The Morgan fingerprint density at radius 3 is 2.73 bits per heavy atom. The van der Waals surface area contributed by atoms with Crippen LogP contribution in [0.5, 0.6) is 0 Å². The van der Waals surface area contributed by atoms with Gasteiger partial charge in [0.2, 0.25) is 0 Å². The van der Waals surface area contributed by atoms with E-state index in [-0.39, 0.29) is 5.69 Å². The van der Waals surface area contributed by atoms with Gasteiger partial charge in [-0.2, -0.15) is 0 Å². The van der Waals surface area contributed by atoms with E-state index in [0.29, 0.717) is 11.5 Å². The third-order valence-electron chi connectivity index (χ3n) is 4.49. The highest BCUT2D eigenvalue weighted by molar-refractivity contribution is 5.81. The van der Waals surface area contributed by atoms with Gasteiger partial charge in [-0.15, -0.1) is 0 Å². The number of hydrogen-bond acceptors (Lipinski definition) is 4. The summed E-state index contributed by atoms with van der Waals surface area (Å²) in [6, 6.07) is 9.66. The Morgan fingerprint density at radius 2 is 1.88 bits per heavy atom. The van der Waals surface area contributed by atoms with E-state index in [2.05, 4.69) is 19.9 Å². The van der Waals surface area contributed by atoms with E-state index in [1.807, 2.05) is 47.9 Å². The number of aromatic amines is 1. The first-order valence-corrected chi connectivity index (χ1v) is 8.16. The zero-order chi connectivity index (χ0) is 17.7. The van der Waals surface area contributed by atoms with Crippen molar-refractivity contribution in [3.05, 3.63) is 77.5 Å². The van der Waals surface area contributed by atoms with E-state index in [9.17, 15) is 4.79 Å². The molecule has 0 unspecified atom stereocenters. The van der Waals surface area contributed by atoms with Crippen LogP contribution in [0.25, 0.3) is 33.6 Å². The van der Waals surface area contributed by atoms with E-state index < -0.39 is 0 Å². The number of nitrogens with zero attached hydrogens (tertiary/aromatic N) is 5. The van der Waals surface area contributed by atoms with Gasteiger partial charge in [0.15, 0.2) is 5.82 Å². The second-order valence-corrected chi connectivity index (χ2v) is 6.11. The molecule has 4 heterocycles. The molecule has 1 N–H and O–H groups in total. The summed E-state index contributed by atoms with van der Waals surface area (Å²) < 4.78 is 3.52. The molecule has 0 aliphatic rings. The molecule has 0 saturated carbocycles. The lowest BCUT2D eigenvalue weighted by molar-refractivity contribution is 0.980. The highest BCUT2D eigenvalue weighted by Gasteiger charge is 2.13. The first-order chi connectivity index (χ1) is 12.7. The lowest BCUT2D eigenvalue weighted by Crippen LogP contribution is -2.15. The molecule has 0 saturated heterocycles. The molecular formula is C19H14N6O. The van der Waals surface area contributed by atoms with Crippen LogP contribution in [0.4, 0.5) is 0 Å². The van der Waals surface area contributed by atoms with Crippen molar-refractivity contribution in [2.24, 2.45) is 0 Å². The van der Waals surface area contributed by atoms with Crippen LogP contribution in [0.1, 0.15) is 5.56 Å². The third-order valence-corrected chi connectivity index (χ3v) is 4.49. The Kier molecular flexibility index (Phi) is 3.02. The number of H-pyrrole nitrogens is 1. The van der Waals surface area contributed by atoms with Crippen LogP contribution in [-0.4, -0.2) is 28.9 Å². The quantitative estimate of drug-likeness (QED) is 0.535. The predicted octanol–water partition coefficient (Wildman–Crippen LogP) is 2.73. The van der Waals surface area contributed by atoms with Crippen LogP contribution in [-0.2, 0) is 0 Å². The fourth-order valence-corrected chi connectivity index (χ4v) is 3.29. The molecule has 7 nitrogen and oxygen atoms in total. The molecule has 26 heavy (non-hydrogen) atoms. The Morgan fingerprint density at radius 1 is 1.04 bits per heavy atom. The average molecular weight is 342 g/mol. The molecule has 126 valence electrons. The number of fused-ring (bicyclic) bond motifs is 2. The number of benzene rings is 1. The molecule has 5 rings (SSSR count). The molecule has 0 radical (unpaired) electrons. The zero-order valence-corrected chi connectivity index (χ0v) is 13.9. The predicted molar refractivity (Wildman–Crippen MR) is 98.4 cm³/mol. The first-order valence-electron chi connectivity index (χ1n) is 8.16. The third kappa shape index (κ3) is 2.07. The van der Waals surface area contributed by atoms with Gasteiger partial charge < -0.3 is 9.38 Å². The molecule has 0 amide bonds. The highest BCUT2D eigenvalue weighted by Crippen LogP contribution is 2.22. The van der Waals surface area contributed by atoms with Crippen molar-refractivity contribution in [1.29, 1.82) is 0 Å². The normalized spacial score (nSPS) is 11.4. The number of imidazole rings is 2. The molecule has 4 aromatic heterocycles. The van der Waals surface area contributed by atoms with Gasteiger partial charge in [0, 0.05) is 11.8 Å². The van der Waals surface area contributed by atoms with Crippen LogP contribution in [0.3, 0.4) is 0 Å². The van der Waals surface area contributed by atoms with Gasteiger partial charge >= 0.3 is 5.69 Å². The van der Waals surface area contributed by atoms with Crippen molar-refractivity contribution in [3.8, 4) is 17.1 Å². The van der Waals surface area contributed by atoms with Gasteiger partial charge in [-0.1, -0.05) is 12.1 Å². The molecule has 0 bridgehead atoms. The second-order valence-electron chi connectivity index (χ2n) is 6.11. The summed E-state index contributed by atoms with van der Waals surface area (Å²) in [5.74, 6) is 0.587. The van der Waals surface area contributed by atoms with Crippen molar-refractivity contribution in [2.75, 3.05) is 0 Å². The van der Waals surface area contributed by atoms with Gasteiger partial charge in [-0.05, 0) is 30.7 Å². The fraction of sp³-hybridized carbons (Fsp3) is 0.0526. The van der Waals surface area contributed by atoms with Crippen molar-refractivity contribution in [3.63, 3.8) is 0 Å². The molecule has 1 aromatic carbocycles. The number of rotatable bonds is 2. The van der Waals surface area contributed by atoms with Gasteiger partial charge in [0.05, 0.1) is 47.2 Å². The van der Waals surface area contributed by atoms with E-state index >= 15 is 0 Å². The highest BCUT2D eigenvalue weighted by atomic mass is 16.1. The van der Waals surface area contributed by atoms with Crippen LogP contribution >= 0.6 is 0 Å². The molecule has 0 spiro atoms. The molecule has 0 aliphatic carbocycles. The molecule has 0 aliphatic heterocycles. The van der Waals surface area contributed by atoms with Gasteiger partial charge in [0.25, 0.3) is 0 Å². The maximum absolute atomic E-state index is 12.4. The smallest absolute Gasteiger partial charge is 0.306 e. The maximum Gasteiger partial charge on any atom is 0.331 e. The van der Waals surface area contributed by atoms with Crippen LogP contribution in [0.15, 0.2) is 66.2 Å². The Labute approximate surface area is 147 Å². The molecule has 5 aromatic rings. The largest absolute Gasteiger partial charge is 0.331 e. The van der Waals surface area contributed by atoms with Crippen molar-refractivity contribution >= 4 is 16.6 Å². The number of hydrogen-bond donors (Lipinski definition) is 1. The number of pyridine rings is 1. The molecule has 0 atom stereocenters. The minimum Gasteiger partial charge on any atom is -0.306 e. The molecule has 7 heteroatoms. The van der Waals surface area contributed by atoms with Gasteiger partial charge in [0.1, 0.15) is 0 Å². The lowest BCUT2D eigenvalue weighted by Gasteiger charge is -2.07. The summed E-state index contributed by atoms with van der Waals surface area (Å²) >= 11 is 0. The summed E-state index contributed by atoms with van der Waals surface area (Å²) in [7, 11) is 0. The lowest BCUT2D eigenvalue weighted by atomic mass is 10.2. The van der Waals surface area contributed by atoms with Crippen LogP contribution < -0.4 is 5.69 Å². The summed E-state index contributed by atoms with van der Waals surface area (Å²) in [5, 5.41) is 0. The fourth-order valence-electron chi connectivity index (χ4n) is 3.29.